The summed E-state index contributed by atoms with van der Waals surface area (Å²) in [5.41, 5.74) is 12.0. The Bertz CT molecular complexity index is 1540. The van der Waals surface area contributed by atoms with Crippen molar-refractivity contribution >= 4 is 15.6 Å². The van der Waals surface area contributed by atoms with Crippen molar-refractivity contribution < 1.29 is 8.42 Å². The Labute approximate surface area is 228 Å². The molecular weight excluding hydrogens is 486 g/mol. The first-order chi connectivity index (χ1) is 18.1. The van der Waals surface area contributed by atoms with Gasteiger partial charge in [-0.15, -0.1) is 0 Å². The van der Waals surface area contributed by atoms with E-state index in [0.29, 0.717) is 18.0 Å². The van der Waals surface area contributed by atoms with E-state index in [1.54, 1.807) is 16.4 Å². The van der Waals surface area contributed by atoms with Gasteiger partial charge in [0.25, 0.3) is 0 Å². The molecule has 0 unspecified atom stereocenters. The fourth-order valence-corrected chi connectivity index (χ4v) is 7.83. The van der Waals surface area contributed by atoms with E-state index in [1.807, 2.05) is 25.1 Å². The maximum absolute atomic E-state index is 13.8. The van der Waals surface area contributed by atoms with E-state index in [9.17, 15) is 8.42 Å². The number of nitrogens with zero attached hydrogens (tertiary/aromatic N) is 1. The van der Waals surface area contributed by atoms with Crippen molar-refractivity contribution in [3.05, 3.63) is 129 Å². The van der Waals surface area contributed by atoms with Crippen molar-refractivity contribution in [1.29, 1.82) is 0 Å². The summed E-state index contributed by atoms with van der Waals surface area (Å²) < 4.78 is 29.3. The molecule has 1 saturated heterocycles. The second kappa shape index (κ2) is 10.2. The lowest BCUT2D eigenvalue weighted by atomic mass is 9.67. The molecule has 38 heavy (non-hydrogen) atoms. The predicted molar refractivity (Wildman–Crippen MR) is 157 cm³/mol. The van der Waals surface area contributed by atoms with Gasteiger partial charge in [-0.05, 0) is 81.0 Å². The Hall–Kier alpha value is -3.21. The highest BCUT2D eigenvalue weighted by atomic mass is 32.2. The highest BCUT2D eigenvalue weighted by Gasteiger charge is 2.46. The van der Waals surface area contributed by atoms with Gasteiger partial charge in [-0.2, -0.15) is 4.31 Å². The normalized spacial score (nSPS) is 20.1. The van der Waals surface area contributed by atoms with Gasteiger partial charge in [0, 0.05) is 24.9 Å². The molecule has 0 bridgehead atoms. The molecule has 0 amide bonds. The number of hydrogen-bond acceptors (Lipinski definition) is 2. The third-order valence-corrected chi connectivity index (χ3v) is 9.82. The number of allylic oxidation sites excluding steroid dienone is 3. The SMILES string of the molecule is C=C1C(=C(C)C)C(c2ccccc2)=C(Cc2cc(C)cc(C)c2)[C@@H]2CN(S(=O)(=O)c3ccc(C)cc3)C[C@H]12. The van der Waals surface area contributed by atoms with Gasteiger partial charge in [0.1, 0.15) is 0 Å². The zero-order chi connectivity index (χ0) is 27.2. The van der Waals surface area contributed by atoms with Crippen LogP contribution in [0.25, 0.3) is 5.57 Å². The van der Waals surface area contributed by atoms with E-state index in [0.717, 1.165) is 17.6 Å². The third kappa shape index (κ3) is 4.83. The lowest BCUT2D eigenvalue weighted by Crippen LogP contribution is -2.29. The fourth-order valence-electron chi connectivity index (χ4n) is 6.34. The average molecular weight is 524 g/mol. The minimum absolute atomic E-state index is 0.0495. The van der Waals surface area contributed by atoms with Gasteiger partial charge < -0.3 is 0 Å². The molecule has 1 aliphatic heterocycles. The Kier molecular flexibility index (Phi) is 7.06. The van der Waals surface area contributed by atoms with E-state index >= 15 is 0 Å². The lowest BCUT2D eigenvalue weighted by molar-refractivity contribution is 0.466. The molecule has 1 fully saturated rings. The van der Waals surface area contributed by atoms with Crippen LogP contribution in [0.15, 0.2) is 107 Å². The van der Waals surface area contributed by atoms with Crippen molar-refractivity contribution in [2.75, 3.05) is 13.1 Å². The molecule has 1 aliphatic carbocycles. The molecule has 3 aromatic carbocycles. The molecule has 0 saturated carbocycles. The minimum Gasteiger partial charge on any atom is -0.207 e. The van der Waals surface area contributed by atoms with Gasteiger partial charge >= 0.3 is 0 Å². The van der Waals surface area contributed by atoms with Crippen LogP contribution in [0, 0.1) is 32.6 Å². The number of hydrogen-bond donors (Lipinski definition) is 0. The molecule has 0 aromatic heterocycles. The largest absolute Gasteiger partial charge is 0.243 e. The molecule has 1 heterocycles. The minimum atomic E-state index is -3.61. The fraction of sp³-hybridized carbons (Fsp3) is 0.294. The summed E-state index contributed by atoms with van der Waals surface area (Å²) in [6.45, 7) is 16.1. The van der Waals surface area contributed by atoms with Gasteiger partial charge in [0.15, 0.2) is 0 Å². The lowest BCUT2D eigenvalue weighted by Gasteiger charge is -2.36. The average Bonchev–Trinajstić information content (AvgIpc) is 3.32. The van der Waals surface area contributed by atoms with Gasteiger partial charge in [0.2, 0.25) is 10.0 Å². The number of benzene rings is 3. The molecule has 3 nitrogen and oxygen atoms in total. The first kappa shape index (κ1) is 26.4. The summed E-state index contributed by atoms with van der Waals surface area (Å²) >= 11 is 0. The molecule has 196 valence electrons. The number of rotatable bonds is 5. The van der Waals surface area contributed by atoms with Crippen LogP contribution in [0.5, 0.6) is 0 Å². The molecule has 0 N–H and O–H groups in total. The monoisotopic (exact) mass is 523 g/mol. The molecule has 4 heteroatoms. The summed E-state index contributed by atoms with van der Waals surface area (Å²) in [7, 11) is -3.61. The van der Waals surface area contributed by atoms with Gasteiger partial charge in [-0.25, -0.2) is 8.42 Å². The Morgan fingerprint density at radius 3 is 2.05 bits per heavy atom. The van der Waals surface area contributed by atoms with Crippen LogP contribution in [-0.4, -0.2) is 25.8 Å². The maximum Gasteiger partial charge on any atom is 0.243 e. The standard InChI is InChI=1S/C34H37NO2S/c1-22(2)33-26(6)31-20-35(38(36,37)29-14-12-23(3)13-15-29)21-32(31)30(34(33)28-10-8-7-9-11-28)19-27-17-24(4)16-25(5)18-27/h7-18,31-32H,6,19-21H2,1-5H3/t31-,32+/m1/s1. The van der Waals surface area contributed by atoms with Crippen molar-refractivity contribution in [2.45, 2.75) is 45.9 Å². The Morgan fingerprint density at radius 2 is 1.45 bits per heavy atom. The van der Waals surface area contributed by atoms with Crippen molar-refractivity contribution in [1.82, 2.24) is 4.31 Å². The molecule has 0 spiro atoms. The molecule has 3 aromatic rings. The number of sulfonamides is 1. The molecule has 2 aliphatic rings. The van der Waals surface area contributed by atoms with Gasteiger partial charge in [0.05, 0.1) is 4.90 Å². The van der Waals surface area contributed by atoms with Crippen LogP contribution in [0.4, 0.5) is 0 Å². The number of aryl methyl sites for hydroxylation is 3. The van der Waals surface area contributed by atoms with Crippen LogP contribution in [0.2, 0.25) is 0 Å². The van der Waals surface area contributed by atoms with Crippen LogP contribution in [-0.2, 0) is 16.4 Å². The van der Waals surface area contributed by atoms with Crippen LogP contribution in [0.1, 0.15) is 41.7 Å². The van der Waals surface area contributed by atoms with Gasteiger partial charge in [-0.1, -0.05) is 95.1 Å². The second-order valence-corrected chi connectivity index (χ2v) is 13.1. The van der Waals surface area contributed by atoms with E-state index in [1.165, 1.54) is 44.5 Å². The number of fused-ring (bicyclic) bond motifs is 1. The molecule has 0 radical (unpaired) electrons. The van der Waals surface area contributed by atoms with Crippen LogP contribution < -0.4 is 0 Å². The maximum atomic E-state index is 13.8. The third-order valence-electron chi connectivity index (χ3n) is 7.97. The summed E-state index contributed by atoms with van der Waals surface area (Å²) in [5.74, 6) is 0.121. The summed E-state index contributed by atoms with van der Waals surface area (Å²) in [5, 5.41) is 0. The topological polar surface area (TPSA) is 37.4 Å². The summed E-state index contributed by atoms with van der Waals surface area (Å²) in [4.78, 5) is 0.359. The Morgan fingerprint density at radius 1 is 0.842 bits per heavy atom. The predicted octanol–water partition coefficient (Wildman–Crippen LogP) is 7.45. The summed E-state index contributed by atoms with van der Waals surface area (Å²) in [6, 6.07) is 24.5. The Balaban J connectivity index is 1.67. The molecular formula is C34H37NO2S. The van der Waals surface area contributed by atoms with E-state index in [-0.39, 0.29) is 11.8 Å². The molecule has 2 atom stereocenters. The quantitative estimate of drug-likeness (QED) is 0.348. The van der Waals surface area contributed by atoms with E-state index in [4.69, 9.17) is 0 Å². The first-order valence-electron chi connectivity index (χ1n) is 13.4. The smallest absolute Gasteiger partial charge is 0.207 e. The highest BCUT2D eigenvalue weighted by molar-refractivity contribution is 7.89. The summed E-state index contributed by atoms with van der Waals surface area (Å²) in [6.07, 6.45) is 0.788. The molecule has 5 rings (SSSR count). The van der Waals surface area contributed by atoms with Crippen LogP contribution in [0.3, 0.4) is 0 Å². The second-order valence-electron chi connectivity index (χ2n) is 11.2. The van der Waals surface area contributed by atoms with Crippen molar-refractivity contribution in [3.8, 4) is 0 Å². The first-order valence-corrected chi connectivity index (χ1v) is 14.8. The van der Waals surface area contributed by atoms with E-state index in [2.05, 4.69) is 76.7 Å². The van der Waals surface area contributed by atoms with Crippen molar-refractivity contribution in [2.24, 2.45) is 11.8 Å². The zero-order valence-corrected chi connectivity index (χ0v) is 23.9. The van der Waals surface area contributed by atoms with E-state index < -0.39 is 10.0 Å². The zero-order valence-electron chi connectivity index (χ0n) is 23.1. The van der Waals surface area contributed by atoms with Crippen LogP contribution >= 0.6 is 0 Å². The van der Waals surface area contributed by atoms with Crippen molar-refractivity contribution in [3.63, 3.8) is 0 Å². The highest BCUT2D eigenvalue weighted by Crippen LogP contribution is 2.51. The van der Waals surface area contributed by atoms with Gasteiger partial charge in [-0.3, -0.25) is 0 Å².